The number of nitrogens with one attached hydrogen (secondary N) is 1. The molecule has 0 spiro atoms. The summed E-state index contributed by atoms with van der Waals surface area (Å²) in [5.41, 5.74) is 2.00. The first-order valence-electron chi connectivity index (χ1n) is 10.6. The number of fused-ring (bicyclic) bond motifs is 1. The Bertz CT molecular complexity index is 1210. The molecule has 0 saturated carbocycles. The van der Waals surface area contributed by atoms with Crippen LogP contribution >= 0.6 is 0 Å². The number of aromatic nitrogens is 1. The maximum Gasteiger partial charge on any atom is 0.295 e. The van der Waals surface area contributed by atoms with Gasteiger partial charge in [0.25, 0.3) is 6.01 Å². The topological polar surface area (TPSA) is 120 Å². The zero-order valence-electron chi connectivity index (χ0n) is 18.3. The van der Waals surface area contributed by atoms with Crippen LogP contribution in [0.15, 0.2) is 45.7 Å². The van der Waals surface area contributed by atoms with Gasteiger partial charge in [0.2, 0.25) is 10.0 Å². The van der Waals surface area contributed by atoms with Crippen LogP contribution in [-0.4, -0.2) is 57.8 Å². The quantitative estimate of drug-likeness (QED) is 0.482. The van der Waals surface area contributed by atoms with Gasteiger partial charge in [0, 0.05) is 25.7 Å². The van der Waals surface area contributed by atoms with Crippen molar-refractivity contribution in [1.82, 2.24) is 9.88 Å². The summed E-state index contributed by atoms with van der Waals surface area (Å²) in [5, 5.41) is 8.48. The average molecular weight is 479 g/mol. The minimum Gasteiger partial charge on any atom is -0.493 e. The largest absolute Gasteiger partial charge is 0.493 e. The van der Waals surface area contributed by atoms with E-state index < -0.39 is 16.7 Å². The first-order valence-corrected chi connectivity index (χ1v) is 12.2. The number of oxazole rings is 1. The van der Waals surface area contributed by atoms with Gasteiger partial charge in [0.05, 0.1) is 12.0 Å². The summed E-state index contributed by atoms with van der Waals surface area (Å²) in [4.78, 5) is 6.69. The minimum atomic E-state index is -3.79. The Morgan fingerprint density at radius 3 is 2.70 bits per heavy atom. The first kappa shape index (κ1) is 23.3. The van der Waals surface area contributed by atoms with Crippen LogP contribution < -0.4 is 19.9 Å². The van der Waals surface area contributed by atoms with E-state index in [9.17, 15) is 12.8 Å². The summed E-state index contributed by atoms with van der Waals surface area (Å²) < 4.78 is 52.0. The summed E-state index contributed by atoms with van der Waals surface area (Å²) in [6, 6.07) is 10.6. The van der Waals surface area contributed by atoms with Crippen molar-refractivity contribution >= 4 is 27.1 Å². The number of hydrogen-bond donors (Lipinski definition) is 2. The number of piperidine rings is 1. The van der Waals surface area contributed by atoms with Gasteiger partial charge >= 0.3 is 0 Å². The molecule has 1 aliphatic rings. The molecule has 0 unspecified atom stereocenters. The Morgan fingerprint density at radius 1 is 1.21 bits per heavy atom. The number of hydrogen-bond acceptors (Lipinski definition) is 8. The van der Waals surface area contributed by atoms with Crippen molar-refractivity contribution in [3.8, 4) is 11.5 Å². The number of methoxy groups -OCH3 is 1. The van der Waals surface area contributed by atoms with Crippen LogP contribution in [0, 0.1) is 0 Å². The van der Waals surface area contributed by atoms with Gasteiger partial charge in [-0.25, -0.2) is 17.9 Å². The molecule has 178 valence electrons. The van der Waals surface area contributed by atoms with E-state index >= 15 is 0 Å². The van der Waals surface area contributed by atoms with Crippen LogP contribution in [-0.2, 0) is 16.6 Å². The van der Waals surface area contributed by atoms with Crippen LogP contribution in [0.2, 0.25) is 0 Å². The molecule has 2 heterocycles. The van der Waals surface area contributed by atoms with E-state index in [1.807, 2.05) is 18.2 Å². The molecule has 1 fully saturated rings. The molecule has 3 aromatic rings. The molecular weight excluding hydrogens is 451 g/mol. The third-order valence-corrected chi connectivity index (χ3v) is 6.48. The van der Waals surface area contributed by atoms with Crippen molar-refractivity contribution in [2.45, 2.75) is 30.3 Å². The summed E-state index contributed by atoms with van der Waals surface area (Å²) in [6.07, 6.45) is 1.78. The molecule has 1 aliphatic heterocycles. The maximum atomic E-state index is 12.5. The normalized spacial score (nSPS) is 15.6. The molecule has 0 radical (unpaired) electrons. The lowest BCUT2D eigenvalue weighted by Crippen LogP contribution is -2.38. The molecule has 4 rings (SSSR count). The van der Waals surface area contributed by atoms with E-state index in [0.29, 0.717) is 28.6 Å². The lowest BCUT2D eigenvalue weighted by molar-refractivity contribution is 0.209. The highest BCUT2D eigenvalue weighted by Crippen LogP contribution is 2.29. The summed E-state index contributed by atoms with van der Waals surface area (Å²) in [5.74, 6) is 1.13. The Kier molecular flexibility index (Phi) is 7.01. The van der Waals surface area contributed by atoms with Gasteiger partial charge in [-0.3, -0.25) is 4.90 Å². The van der Waals surface area contributed by atoms with E-state index in [0.717, 1.165) is 38.0 Å². The Hall–Kier alpha value is -2.89. The summed E-state index contributed by atoms with van der Waals surface area (Å²) in [6.45, 7) is 1.94. The third-order valence-electron chi connectivity index (χ3n) is 5.57. The highest BCUT2D eigenvalue weighted by atomic mass is 32.2. The van der Waals surface area contributed by atoms with E-state index in [-0.39, 0.29) is 17.5 Å². The Labute approximate surface area is 191 Å². The summed E-state index contributed by atoms with van der Waals surface area (Å²) in [7, 11) is -2.23. The number of primary sulfonamides is 1. The molecule has 0 aliphatic carbocycles. The molecule has 9 nitrogen and oxygen atoms in total. The fourth-order valence-corrected chi connectivity index (χ4v) is 4.43. The van der Waals surface area contributed by atoms with Gasteiger partial charge < -0.3 is 19.2 Å². The monoisotopic (exact) mass is 478 g/mol. The highest BCUT2D eigenvalue weighted by molar-refractivity contribution is 7.89. The molecule has 0 amide bonds. The molecule has 11 heteroatoms. The molecule has 1 aromatic heterocycles. The Balaban J connectivity index is 1.34. The standard InChI is InChI=1S/C22H27FN4O5S/c1-30-20-4-2-15(12-21(20)31-11-8-23)14-27-9-6-16(7-10-27)25-22-26-18-13-17(33(24,28)29)3-5-19(18)32-22/h2-5,12-13,16H,6-11,14H2,1H3,(H,25,26)(H2,24,28,29). The SMILES string of the molecule is COc1ccc(CN2CCC(Nc3nc4cc(S(N)(=O)=O)ccc4o3)CC2)cc1OCCF. The van der Waals surface area contributed by atoms with Crippen LogP contribution in [0.1, 0.15) is 18.4 Å². The number of likely N-dealkylation sites (tertiary alicyclic amines) is 1. The minimum absolute atomic E-state index is 0.0000540. The second-order valence-corrected chi connectivity index (χ2v) is 9.47. The van der Waals surface area contributed by atoms with Crippen LogP contribution in [0.4, 0.5) is 10.4 Å². The molecule has 2 aromatic carbocycles. The predicted octanol–water partition coefficient (Wildman–Crippen LogP) is 2.91. The molecule has 0 bridgehead atoms. The van der Waals surface area contributed by atoms with Gasteiger partial charge in [0.1, 0.15) is 18.8 Å². The maximum absolute atomic E-state index is 12.5. The number of nitrogens with zero attached hydrogens (tertiary/aromatic N) is 2. The van der Waals surface area contributed by atoms with E-state index in [1.54, 1.807) is 13.2 Å². The number of anilines is 1. The number of ether oxygens (including phenoxy) is 2. The van der Waals surface area contributed by atoms with Crippen molar-refractivity contribution in [3.63, 3.8) is 0 Å². The van der Waals surface area contributed by atoms with Crippen LogP contribution in [0.5, 0.6) is 11.5 Å². The van der Waals surface area contributed by atoms with Crippen molar-refractivity contribution < 1.29 is 26.7 Å². The molecule has 3 N–H and O–H groups in total. The number of alkyl halides is 1. The zero-order valence-corrected chi connectivity index (χ0v) is 19.1. The third kappa shape index (κ3) is 5.73. The molecule has 33 heavy (non-hydrogen) atoms. The fourth-order valence-electron chi connectivity index (χ4n) is 3.89. The lowest BCUT2D eigenvalue weighted by atomic mass is 10.0. The molecule has 0 atom stereocenters. The molecular formula is C22H27FN4O5S. The van der Waals surface area contributed by atoms with Gasteiger partial charge in [-0.2, -0.15) is 4.98 Å². The number of rotatable bonds is 9. The van der Waals surface area contributed by atoms with E-state index in [2.05, 4.69) is 15.2 Å². The highest BCUT2D eigenvalue weighted by Gasteiger charge is 2.21. The van der Waals surface area contributed by atoms with Crippen molar-refractivity contribution in [3.05, 3.63) is 42.0 Å². The average Bonchev–Trinajstić information content (AvgIpc) is 3.20. The lowest BCUT2D eigenvalue weighted by Gasteiger charge is -2.32. The van der Waals surface area contributed by atoms with Crippen LogP contribution in [0.3, 0.4) is 0 Å². The summed E-state index contributed by atoms with van der Waals surface area (Å²) >= 11 is 0. The number of benzene rings is 2. The van der Waals surface area contributed by atoms with Gasteiger partial charge in [0.15, 0.2) is 17.1 Å². The van der Waals surface area contributed by atoms with Crippen molar-refractivity contribution in [2.75, 3.05) is 38.8 Å². The fraction of sp³-hybridized carbons (Fsp3) is 0.409. The second kappa shape index (κ2) is 9.94. The van der Waals surface area contributed by atoms with Crippen molar-refractivity contribution in [1.29, 1.82) is 0 Å². The molecule has 1 saturated heterocycles. The van der Waals surface area contributed by atoms with E-state index in [4.69, 9.17) is 19.0 Å². The van der Waals surface area contributed by atoms with Gasteiger partial charge in [-0.1, -0.05) is 6.07 Å². The first-order chi connectivity index (χ1) is 15.9. The van der Waals surface area contributed by atoms with E-state index in [1.165, 1.54) is 12.1 Å². The number of nitrogens with two attached hydrogens (primary N) is 1. The second-order valence-electron chi connectivity index (χ2n) is 7.91. The van der Waals surface area contributed by atoms with Crippen LogP contribution in [0.25, 0.3) is 11.1 Å². The van der Waals surface area contributed by atoms with Crippen molar-refractivity contribution in [2.24, 2.45) is 5.14 Å². The van der Waals surface area contributed by atoms with Gasteiger partial charge in [-0.05, 0) is 48.7 Å². The predicted molar refractivity (Wildman–Crippen MR) is 122 cm³/mol. The number of sulfonamides is 1. The number of halogens is 1. The zero-order chi connectivity index (χ0) is 23.4. The smallest absolute Gasteiger partial charge is 0.295 e. The van der Waals surface area contributed by atoms with Gasteiger partial charge in [-0.15, -0.1) is 0 Å². The Morgan fingerprint density at radius 2 is 2.00 bits per heavy atom.